The molecule has 0 amide bonds. The predicted molar refractivity (Wildman–Crippen MR) is 58.7 cm³/mol. The minimum absolute atomic E-state index is 0.0757. The number of H-pyrrole nitrogens is 1. The summed E-state index contributed by atoms with van der Waals surface area (Å²) in [6.45, 7) is 3.93. The van der Waals surface area contributed by atoms with Crippen LogP contribution < -0.4 is 10.5 Å². The lowest BCUT2D eigenvalue weighted by Crippen LogP contribution is -2.21. The van der Waals surface area contributed by atoms with E-state index in [-0.39, 0.29) is 18.2 Å². The number of aromatic amines is 1. The number of nitrogens with two attached hydrogens (primary N) is 1. The molecular formula is C8H16N4O2S. The molecule has 0 aromatic carbocycles. The van der Waals surface area contributed by atoms with Gasteiger partial charge in [-0.25, -0.2) is 8.42 Å². The second kappa shape index (κ2) is 4.63. The van der Waals surface area contributed by atoms with Crippen LogP contribution in [0.1, 0.15) is 19.4 Å². The van der Waals surface area contributed by atoms with Crippen LogP contribution in [0.2, 0.25) is 0 Å². The molecule has 1 aromatic rings. The van der Waals surface area contributed by atoms with Crippen molar-refractivity contribution in [2.24, 2.45) is 11.7 Å². The third kappa shape index (κ3) is 3.52. The summed E-state index contributed by atoms with van der Waals surface area (Å²) in [5, 5.41) is 6.29. The molecule has 0 unspecified atom stereocenters. The summed E-state index contributed by atoms with van der Waals surface area (Å²) in [6, 6.07) is 0. The lowest BCUT2D eigenvalue weighted by Gasteiger charge is -2.09. The number of rotatable bonds is 5. The van der Waals surface area contributed by atoms with E-state index in [1.54, 1.807) is 0 Å². The fraction of sp³-hybridized carbons (Fsp3) is 0.625. The molecule has 0 radical (unpaired) electrons. The highest BCUT2D eigenvalue weighted by Gasteiger charge is 2.15. The maximum Gasteiger partial charge on any atom is 0.234 e. The first kappa shape index (κ1) is 12.0. The molecular weight excluding hydrogens is 216 g/mol. The van der Waals surface area contributed by atoms with Gasteiger partial charge in [-0.1, -0.05) is 13.8 Å². The van der Waals surface area contributed by atoms with Crippen LogP contribution in [-0.4, -0.2) is 24.4 Å². The number of hydrogen-bond acceptors (Lipinski definition) is 4. The highest BCUT2D eigenvalue weighted by molar-refractivity contribution is 7.92. The predicted octanol–water partition coefficient (Wildman–Crippen LogP) is 0.266. The summed E-state index contributed by atoms with van der Waals surface area (Å²) in [4.78, 5) is 0. The molecule has 1 aromatic heterocycles. The zero-order valence-corrected chi connectivity index (χ0v) is 9.63. The molecule has 0 fully saturated rings. The molecule has 0 atom stereocenters. The molecule has 7 heteroatoms. The molecule has 0 aliphatic carbocycles. The van der Waals surface area contributed by atoms with E-state index in [4.69, 9.17) is 5.73 Å². The number of hydrogen-bond donors (Lipinski definition) is 3. The zero-order valence-electron chi connectivity index (χ0n) is 8.82. The van der Waals surface area contributed by atoms with Crippen LogP contribution >= 0.6 is 0 Å². The van der Waals surface area contributed by atoms with Crippen molar-refractivity contribution in [3.8, 4) is 0 Å². The Balaban J connectivity index is 2.77. The topological polar surface area (TPSA) is 101 Å². The molecule has 0 bridgehead atoms. The number of nitrogens with one attached hydrogen (secondary N) is 2. The second-order valence-electron chi connectivity index (χ2n) is 3.75. The van der Waals surface area contributed by atoms with Gasteiger partial charge in [0.05, 0.1) is 11.9 Å². The maximum atomic E-state index is 11.6. The fourth-order valence-electron chi connectivity index (χ4n) is 1.19. The van der Waals surface area contributed by atoms with Crippen molar-refractivity contribution in [1.29, 1.82) is 0 Å². The Labute approximate surface area is 89.3 Å². The van der Waals surface area contributed by atoms with Gasteiger partial charge < -0.3 is 5.73 Å². The van der Waals surface area contributed by atoms with Gasteiger partial charge in [-0.05, 0) is 5.92 Å². The second-order valence-corrected chi connectivity index (χ2v) is 5.52. The van der Waals surface area contributed by atoms with Gasteiger partial charge in [-0.15, -0.1) is 0 Å². The van der Waals surface area contributed by atoms with Gasteiger partial charge in [0, 0.05) is 12.1 Å². The quantitative estimate of drug-likeness (QED) is 0.678. The molecule has 4 N–H and O–H groups in total. The highest BCUT2D eigenvalue weighted by atomic mass is 32.2. The van der Waals surface area contributed by atoms with Gasteiger partial charge in [0.2, 0.25) is 10.0 Å². The standard InChI is InChI=1S/C8H16N4O2S/c1-6(2)5-15(13,14)12-8-7(3-9)4-10-11-8/h4,6H,3,5,9H2,1-2H3,(H2,10,11,12). The Kier molecular flexibility index (Phi) is 3.70. The monoisotopic (exact) mass is 232 g/mol. The van der Waals surface area contributed by atoms with Crippen molar-refractivity contribution in [3.63, 3.8) is 0 Å². The van der Waals surface area contributed by atoms with Crippen LogP contribution in [0, 0.1) is 5.92 Å². The van der Waals surface area contributed by atoms with Crippen LogP contribution in [-0.2, 0) is 16.6 Å². The van der Waals surface area contributed by atoms with Crippen molar-refractivity contribution >= 4 is 15.8 Å². The van der Waals surface area contributed by atoms with E-state index >= 15 is 0 Å². The Bertz CT molecular complexity index is 410. The summed E-state index contributed by atoms with van der Waals surface area (Å²) < 4.78 is 25.6. The van der Waals surface area contributed by atoms with Gasteiger partial charge in [-0.2, -0.15) is 5.10 Å². The lowest BCUT2D eigenvalue weighted by atomic mass is 10.3. The van der Waals surface area contributed by atoms with Crippen LogP contribution in [0.3, 0.4) is 0 Å². The summed E-state index contributed by atoms with van der Waals surface area (Å²) in [7, 11) is -3.31. The minimum atomic E-state index is -3.31. The fourth-order valence-corrected chi connectivity index (χ4v) is 2.64. The first-order valence-corrected chi connectivity index (χ1v) is 6.32. The average molecular weight is 232 g/mol. The molecule has 6 nitrogen and oxygen atoms in total. The lowest BCUT2D eigenvalue weighted by molar-refractivity contribution is 0.587. The average Bonchev–Trinajstić information content (AvgIpc) is 2.48. The van der Waals surface area contributed by atoms with Crippen LogP contribution in [0.5, 0.6) is 0 Å². The normalized spacial score (nSPS) is 12.0. The molecule has 1 rings (SSSR count). The van der Waals surface area contributed by atoms with Gasteiger partial charge in [0.1, 0.15) is 5.82 Å². The molecule has 0 saturated carbocycles. The molecule has 1 heterocycles. The van der Waals surface area contributed by atoms with Crippen LogP contribution in [0.4, 0.5) is 5.82 Å². The van der Waals surface area contributed by atoms with Crippen molar-refractivity contribution < 1.29 is 8.42 Å². The van der Waals surface area contributed by atoms with Gasteiger partial charge >= 0.3 is 0 Å². The Morgan fingerprint density at radius 3 is 2.80 bits per heavy atom. The minimum Gasteiger partial charge on any atom is -0.326 e. The van der Waals surface area contributed by atoms with E-state index in [1.165, 1.54) is 6.20 Å². The molecule has 0 aliphatic rings. The van der Waals surface area contributed by atoms with Gasteiger partial charge in [0.25, 0.3) is 0 Å². The molecule has 0 spiro atoms. The Morgan fingerprint density at radius 1 is 1.60 bits per heavy atom. The van der Waals surface area contributed by atoms with Gasteiger partial charge in [0.15, 0.2) is 0 Å². The number of aromatic nitrogens is 2. The summed E-state index contributed by atoms with van der Waals surface area (Å²) in [5.41, 5.74) is 6.08. The Morgan fingerprint density at radius 2 is 2.27 bits per heavy atom. The first-order valence-electron chi connectivity index (χ1n) is 4.67. The third-order valence-corrected chi connectivity index (χ3v) is 3.37. The summed E-state index contributed by atoms with van der Waals surface area (Å²) >= 11 is 0. The van der Waals surface area contributed by atoms with Crippen molar-refractivity contribution in [2.75, 3.05) is 10.5 Å². The smallest absolute Gasteiger partial charge is 0.234 e. The number of nitrogens with zero attached hydrogens (tertiary/aromatic N) is 1. The highest BCUT2D eigenvalue weighted by Crippen LogP contribution is 2.12. The van der Waals surface area contributed by atoms with Gasteiger partial charge in [-0.3, -0.25) is 9.82 Å². The summed E-state index contributed by atoms with van der Waals surface area (Å²) in [6.07, 6.45) is 1.51. The maximum absolute atomic E-state index is 11.6. The van der Waals surface area contributed by atoms with Crippen molar-refractivity contribution in [3.05, 3.63) is 11.8 Å². The van der Waals surface area contributed by atoms with E-state index in [1.807, 2.05) is 13.8 Å². The van der Waals surface area contributed by atoms with E-state index < -0.39 is 10.0 Å². The third-order valence-electron chi connectivity index (χ3n) is 1.75. The van der Waals surface area contributed by atoms with Crippen LogP contribution in [0.15, 0.2) is 6.20 Å². The van der Waals surface area contributed by atoms with E-state index in [9.17, 15) is 8.42 Å². The number of anilines is 1. The Hall–Kier alpha value is -1.08. The van der Waals surface area contributed by atoms with Crippen molar-refractivity contribution in [2.45, 2.75) is 20.4 Å². The molecule has 15 heavy (non-hydrogen) atoms. The molecule has 86 valence electrons. The van der Waals surface area contributed by atoms with E-state index in [2.05, 4.69) is 14.9 Å². The molecule has 0 saturated heterocycles. The molecule has 0 aliphatic heterocycles. The number of sulfonamides is 1. The first-order chi connectivity index (χ1) is 6.94. The van der Waals surface area contributed by atoms with E-state index in [0.29, 0.717) is 11.4 Å². The zero-order chi connectivity index (χ0) is 11.5. The van der Waals surface area contributed by atoms with Crippen molar-refractivity contribution in [1.82, 2.24) is 10.2 Å². The SMILES string of the molecule is CC(C)CS(=O)(=O)Nc1[nH]ncc1CN. The van der Waals surface area contributed by atoms with Crippen LogP contribution in [0.25, 0.3) is 0 Å². The van der Waals surface area contributed by atoms with E-state index in [0.717, 1.165) is 0 Å². The summed E-state index contributed by atoms with van der Waals surface area (Å²) in [5.74, 6) is 0.514. The largest absolute Gasteiger partial charge is 0.326 e.